The average molecular weight is 274 g/mol. The van der Waals surface area contributed by atoms with Gasteiger partial charge in [-0.15, -0.1) is 0 Å². The average Bonchev–Trinajstić information content (AvgIpc) is 2.46. The Balaban J connectivity index is 2.50. The molecule has 2 aliphatic heterocycles. The zero-order chi connectivity index (χ0) is 14.5. The van der Waals surface area contributed by atoms with Crippen molar-refractivity contribution < 1.29 is 19.1 Å². The van der Waals surface area contributed by atoms with Crippen LogP contribution in [0.1, 0.15) is 20.7 Å². The Hall–Kier alpha value is -2.76. The molecule has 0 unspecified atom stereocenters. The molecule has 0 aliphatic carbocycles. The summed E-state index contributed by atoms with van der Waals surface area (Å²) in [7, 11) is 0. The van der Waals surface area contributed by atoms with E-state index in [1.54, 1.807) is 12.2 Å². The van der Waals surface area contributed by atoms with Gasteiger partial charge in [-0.05, 0) is 12.1 Å². The number of benzene rings is 1. The Bertz CT molecular complexity index is 529. The fraction of sp³-hybridized carbons (Fsp3) is 0.143. The Morgan fingerprint density at radius 2 is 1.30 bits per heavy atom. The summed E-state index contributed by atoms with van der Waals surface area (Å²) in [6, 6.07) is 2.96. The molecule has 6 nitrogen and oxygen atoms in total. The summed E-state index contributed by atoms with van der Waals surface area (Å²) in [5.41, 5.74) is 5.12. The quantitative estimate of drug-likeness (QED) is 0.764. The minimum Gasteiger partial charge on any atom is -0.489 e. The second-order valence-corrected chi connectivity index (χ2v) is 3.95. The molecular weight excluding hydrogens is 260 g/mol. The number of hydrogen-bond acceptors (Lipinski definition) is 4. The maximum absolute atomic E-state index is 11.9. The van der Waals surface area contributed by atoms with Crippen LogP contribution >= 0.6 is 0 Å². The van der Waals surface area contributed by atoms with Crippen LogP contribution in [0, 0.1) is 0 Å². The standard InChI is InChI=1S/C14H14N2O4/c1-3-5-19-11-7-10-12(20-6-4-2)8-9(11)13(17)15-16-14(10)18/h3-4,7-8H,1-2,5-6H2,(H,15,17)(H,16,18). The molecule has 2 heterocycles. The van der Waals surface area contributed by atoms with Crippen LogP contribution in [-0.4, -0.2) is 25.0 Å². The van der Waals surface area contributed by atoms with Crippen molar-refractivity contribution in [3.05, 3.63) is 48.6 Å². The normalized spacial score (nSPS) is 12.8. The zero-order valence-corrected chi connectivity index (χ0v) is 10.8. The number of carbonyl (C=O) groups excluding carboxylic acids is 2. The summed E-state index contributed by atoms with van der Waals surface area (Å²) in [6.45, 7) is 7.54. The molecule has 0 spiro atoms. The largest absolute Gasteiger partial charge is 0.489 e. The Morgan fingerprint density at radius 1 is 0.900 bits per heavy atom. The summed E-state index contributed by atoms with van der Waals surface area (Å²) in [6.07, 6.45) is 3.10. The van der Waals surface area contributed by atoms with E-state index in [1.807, 2.05) is 0 Å². The van der Waals surface area contributed by atoms with Gasteiger partial charge in [0.1, 0.15) is 24.7 Å². The van der Waals surface area contributed by atoms with E-state index in [1.165, 1.54) is 12.1 Å². The summed E-state index contributed by atoms with van der Waals surface area (Å²) in [5.74, 6) is -0.351. The van der Waals surface area contributed by atoms with E-state index in [4.69, 9.17) is 9.47 Å². The van der Waals surface area contributed by atoms with Crippen molar-refractivity contribution in [1.29, 1.82) is 0 Å². The number of nitrogens with one attached hydrogen (secondary N) is 2. The summed E-state index contributed by atoms with van der Waals surface area (Å²) in [5, 5.41) is 0. The highest BCUT2D eigenvalue weighted by atomic mass is 16.5. The van der Waals surface area contributed by atoms with Gasteiger partial charge in [0.05, 0.1) is 11.1 Å². The predicted octanol–water partition coefficient (Wildman–Crippen LogP) is 1.20. The maximum atomic E-state index is 11.9. The van der Waals surface area contributed by atoms with Crippen LogP contribution in [0.25, 0.3) is 0 Å². The molecule has 2 aliphatic rings. The van der Waals surface area contributed by atoms with Crippen molar-refractivity contribution in [2.24, 2.45) is 0 Å². The van der Waals surface area contributed by atoms with Crippen LogP contribution in [0.5, 0.6) is 11.5 Å². The Kier molecular flexibility index (Phi) is 4.05. The van der Waals surface area contributed by atoms with Gasteiger partial charge < -0.3 is 9.47 Å². The van der Waals surface area contributed by atoms with Crippen LogP contribution in [0.15, 0.2) is 37.4 Å². The fourth-order valence-corrected chi connectivity index (χ4v) is 1.70. The molecule has 1 aromatic carbocycles. The molecule has 2 N–H and O–H groups in total. The first-order valence-electron chi connectivity index (χ1n) is 5.93. The van der Waals surface area contributed by atoms with Crippen molar-refractivity contribution in [2.45, 2.75) is 0 Å². The molecule has 0 saturated heterocycles. The van der Waals surface area contributed by atoms with E-state index in [0.29, 0.717) is 11.5 Å². The van der Waals surface area contributed by atoms with Crippen LogP contribution in [0.4, 0.5) is 0 Å². The van der Waals surface area contributed by atoms with E-state index < -0.39 is 11.8 Å². The van der Waals surface area contributed by atoms with Gasteiger partial charge in [0.25, 0.3) is 11.8 Å². The van der Waals surface area contributed by atoms with Gasteiger partial charge >= 0.3 is 0 Å². The Morgan fingerprint density at radius 3 is 1.65 bits per heavy atom. The van der Waals surface area contributed by atoms with Crippen LogP contribution < -0.4 is 20.3 Å². The SMILES string of the molecule is C=CCOc1cc2c(OCC=C)cc1C(=O)NNC2=O. The molecule has 0 aromatic heterocycles. The third-order valence-electron chi connectivity index (χ3n) is 2.57. The lowest BCUT2D eigenvalue weighted by atomic mass is 10.1. The lowest BCUT2D eigenvalue weighted by molar-refractivity contribution is 0.0835. The highest BCUT2D eigenvalue weighted by Crippen LogP contribution is 2.30. The van der Waals surface area contributed by atoms with Crippen LogP contribution in [-0.2, 0) is 0 Å². The number of amides is 2. The Labute approximate surface area is 116 Å². The lowest BCUT2D eigenvalue weighted by Crippen LogP contribution is -2.43. The van der Waals surface area contributed by atoms with Gasteiger partial charge in [0.2, 0.25) is 0 Å². The summed E-state index contributed by atoms with van der Waals surface area (Å²) in [4.78, 5) is 23.8. The second kappa shape index (κ2) is 5.92. The van der Waals surface area contributed by atoms with Gasteiger partial charge in [-0.2, -0.15) is 0 Å². The first-order chi connectivity index (χ1) is 9.67. The van der Waals surface area contributed by atoms with Crippen molar-refractivity contribution in [3.8, 4) is 11.5 Å². The van der Waals surface area contributed by atoms with E-state index >= 15 is 0 Å². The molecule has 6 heteroatoms. The number of ether oxygens (including phenoxy) is 2. The highest BCUT2D eigenvalue weighted by Gasteiger charge is 2.24. The fourth-order valence-electron chi connectivity index (χ4n) is 1.70. The third kappa shape index (κ3) is 2.64. The minimum absolute atomic E-state index is 0.230. The lowest BCUT2D eigenvalue weighted by Gasteiger charge is -2.19. The highest BCUT2D eigenvalue weighted by molar-refractivity contribution is 6.06. The molecule has 104 valence electrons. The number of hydrogen-bond donors (Lipinski definition) is 2. The predicted molar refractivity (Wildman–Crippen MR) is 72.8 cm³/mol. The van der Waals surface area contributed by atoms with E-state index in [2.05, 4.69) is 24.0 Å². The number of fused-ring (bicyclic) bond motifs is 5. The van der Waals surface area contributed by atoms with Gasteiger partial charge in [0, 0.05) is 0 Å². The molecule has 0 atom stereocenters. The summed E-state index contributed by atoms with van der Waals surface area (Å²) >= 11 is 0. The molecular formula is C14H14N2O4. The molecule has 2 bridgehead atoms. The number of hydrazine groups is 1. The number of rotatable bonds is 6. The molecule has 0 saturated carbocycles. The third-order valence-corrected chi connectivity index (χ3v) is 2.57. The molecule has 3 rings (SSSR count). The smallest absolute Gasteiger partial charge is 0.273 e. The van der Waals surface area contributed by atoms with Crippen molar-refractivity contribution >= 4 is 11.8 Å². The van der Waals surface area contributed by atoms with E-state index in [0.717, 1.165) is 0 Å². The van der Waals surface area contributed by atoms with Gasteiger partial charge in [0.15, 0.2) is 0 Å². The maximum Gasteiger partial charge on any atom is 0.273 e. The first-order valence-corrected chi connectivity index (χ1v) is 5.93. The van der Waals surface area contributed by atoms with Crippen molar-refractivity contribution in [1.82, 2.24) is 10.9 Å². The monoisotopic (exact) mass is 274 g/mol. The molecule has 20 heavy (non-hydrogen) atoms. The van der Waals surface area contributed by atoms with Crippen LogP contribution in [0.2, 0.25) is 0 Å². The van der Waals surface area contributed by atoms with Crippen LogP contribution in [0.3, 0.4) is 0 Å². The zero-order valence-electron chi connectivity index (χ0n) is 10.8. The van der Waals surface area contributed by atoms with E-state index in [-0.39, 0.29) is 24.3 Å². The minimum atomic E-state index is -0.480. The van der Waals surface area contributed by atoms with E-state index in [9.17, 15) is 9.59 Å². The van der Waals surface area contributed by atoms with Gasteiger partial charge in [-0.25, -0.2) is 0 Å². The van der Waals surface area contributed by atoms with Crippen molar-refractivity contribution in [2.75, 3.05) is 13.2 Å². The number of carbonyl (C=O) groups is 2. The second-order valence-electron chi connectivity index (χ2n) is 3.95. The molecule has 1 aromatic rings. The molecule has 2 amide bonds. The summed E-state index contributed by atoms with van der Waals surface area (Å²) < 4.78 is 10.8. The molecule has 0 radical (unpaired) electrons. The van der Waals surface area contributed by atoms with Crippen molar-refractivity contribution in [3.63, 3.8) is 0 Å². The first kappa shape index (κ1) is 13.7. The van der Waals surface area contributed by atoms with Gasteiger partial charge in [-0.1, -0.05) is 25.3 Å². The topological polar surface area (TPSA) is 76.7 Å². The van der Waals surface area contributed by atoms with Gasteiger partial charge in [-0.3, -0.25) is 20.4 Å². The molecule has 0 fully saturated rings.